The Morgan fingerprint density at radius 2 is 1.24 bits per heavy atom. The van der Waals surface area contributed by atoms with E-state index in [0.29, 0.717) is 0 Å². The molecule has 224 valence electrons. The predicted molar refractivity (Wildman–Crippen MR) is 142 cm³/mol. The number of aliphatic carboxylic acids is 2. The zero-order valence-electron chi connectivity index (χ0n) is 21.2. The number of nitrogens with one attached hydrogen (secondary N) is 1. The molecule has 0 saturated carbocycles. The topological polar surface area (TPSA) is 180 Å². The van der Waals surface area contributed by atoms with E-state index in [4.69, 9.17) is 31.5 Å². The number of hydrogen-bond acceptors (Lipinski definition) is 7. The molecule has 3 aromatic rings. The van der Waals surface area contributed by atoms with Gasteiger partial charge in [0.1, 0.15) is 0 Å². The maximum absolute atomic E-state index is 12.6. The molecule has 0 saturated heterocycles. The van der Waals surface area contributed by atoms with Crippen molar-refractivity contribution >= 4 is 36.0 Å². The quantitative estimate of drug-likeness (QED) is 0.121. The van der Waals surface area contributed by atoms with Gasteiger partial charge in [0.05, 0.1) is 18.9 Å². The number of carbonyl (C=O) groups is 3. The van der Waals surface area contributed by atoms with Crippen molar-refractivity contribution in [2.45, 2.75) is 18.8 Å². The number of amides is 1. The lowest BCUT2D eigenvalue weighted by atomic mass is 9.96. The number of hydrazone groups is 2. The van der Waals surface area contributed by atoms with Gasteiger partial charge in [0.15, 0.2) is 0 Å². The standard InChI is InChI=1S/C22H21N5O.2C2HF3O2/c23-25-14-16-8-10-20(11-9-16)27-22(28)13-19-5-1-2-7-21(19)18-6-3-4-17(12-18)15-26-24;2*3-2(4,5)1(6)7/h1-12,14-15H,13,23-24H2,(H,27,28);2*(H,6,7). The van der Waals surface area contributed by atoms with Crippen molar-refractivity contribution in [3.05, 3.63) is 89.5 Å². The number of rotatable bonds is 6. The molecule has 1 amide bonds. The van der Waals surface area contributed by atoms with E-state index in [1.54, 1.807) is 12.4 Å². The summed E-state index contributed by atoms with van der Waals surface area (Å²) in [7, 11) is 0. The van der Waals surface area contributed by atoms with Crippen LogP contribution in [0, 0.1) is 0 Å². The Morgan fingerprint density at radius 1 is 0.738 bits per heavy atom. The molecule has 0 aliphatic rings. The van der Waals surface area contributed by atoms with Crippen LogP contribution in [0.3, 0.4) is 0 Å². The van der Waals surface area contributed by atoms with Gasteiger partial charge >= 0.3 is 24.3 Å². The number of anilines is 1. The number of carboxylic acids is 2. The molecule has 0 bridgehead atoms. The van der Waals surface area contributed by atoms with E-state index in [2.05, 4.69) is 15.5 Å². The summed E-state index contributed by atoms with van der Waals surface area (Å²) in [5.41, 5.74) is 5.43. The third-order valence-corrected chi connectivity index (χ3v) is 4.69. The molecular formula is C26H23F6N5O5. The number of carbonyl (C=O) groups excluding carboxylic acids is 1. The van der Waals surface area contributed by atoms with Gasteiger partial charge in [-0.1, -0.05) is 54.6 Å². The van der Waals surface area contributed by atoms with Crippen molar-refractivity contribution in [1.29, 1.82) is 0 Å². The van der Waals surface area contributed by atoms with Crippen molar-refractivity contribution in [2.24, 2.45) is 21.9 Å². The molecule has 0 atom stereocenters. The average molecular weight is 599 g/mol. The number of hydrogen-bond donors (Lipinski definition) is 5. The smallest absolute Gasteiger partial charge is 0.475 e. The molecule has 0 aromatic heterocycles. The first kappa shape index (κ1) is 34.6. The normalized spacial score (nSPS) is 11.2. The van der Waals surface area contributed by atoms with Gasteiger partial charge in [0.25, 0.3) is 0 Å². The van der Waals surface area contributed by atoms with Crippen molar-refractivity contribution in [1.82, 2.24) is 0 Å². The Bertz CT molecular complexity index is 1380. The maximum Gasteiger partial charge on any atom is 0.490 e. The van der Waals surface area contributed by atoms with Crippen LogP contribution in [0.2, 0.25) is 0 Å². The maximum atomic E-state index is 12.6. The molecule has 3 rings (SSSR count). The summed E-state index contributed by atoms with van der Waals surface area (Å²) in [6, 6.07) is 23.0. The van der Waals surface area contributed by atoms with Gasteiger partial charge < -0.3 is 27.2 Å². The number of benzene rings is 3. The van der Waals surface area contributed by atoms with E-state index in [1.807, 2.05) is 72.8 Å². The van der Waals surface area contributed by atoms with Gasteiger partial charge in [-0.05, 0) is 46.0 Å². The molecule has 0 radical (unpaired) electrons. The van der Waals surface area contributed by atoms with Crippen LogP contribution >= 0.6 is 0 Å². The molecule has 0 unspecified atom stereocenters. The summed E-state index contributed by atoms with van der Waals surface area (Å²) in [5, 5.41) is 24.2. The minimum absolute atomic E-state index is 0.0904. The second-order valence-corrected chi connectivity index (χ2v) is 7.79. The SMILES string of the molecule is NN=Cc1ccc(NC(=O)Cc2ccccc2-c2cccc(C=NN)c2)cc1.O=C(O)C(F)(F)F.O=C(O)C(F)(F)F. The van der Waals surface area contributed by atoms with E-state index in [-0.39, 0.29) is 12.3 Å². The molecular weight excluding hydrogens is 576 g/mol. The fraction of sp³-hybridized carbons (Fsp3) is 0.115. The molecule has 0 spiro atoms. The summed E-state index contributed by atoms with van der Waals surface area (Å²) < 4.78 is 63.5. The molecule has 16 heteroatoms. The second-order valence-electron chi connectivity index (χ2n) is 7.79. The van der Waals surface area contributed by atoms with Gasteiger partial charge in [-0.3, -0.25) is 4.79 Å². The van der Waals surface area contributed by atoms with Crippen molar-refractivity contribution in [3.8, 4) is 11.1 Å². The van der Waals surface area contributed by atoms with Gasteiger partial charge in [0, 0.05) is 5.69 Å². The van der Waals surface area contributed by atoms with Crippen LogP contribution in [0.5, 0.6) is 0 Å². The van der Waals surface area contributed by atoms with E-state index in [1.165, 1.54) is 0 Å². The van der Waals surface area contributed by atoms with Crippen LogP contribution in [0.4, 0.5) is 32.0 Å². The largest absolute Gasteiger partial charge is 0.490 e. The highest BCUT2D eigenvalue weighted by Crippen LogP contribution is 2.25. The summed E-state index contributed by atoms with van der Waals surface area (Å²) in [6.07, 6.45) is -6.76. The minimum atomic E-state index is -5.08. The Labute approximate surface area is 234 Å². The van der Waals surface area contributed by atoms with Crippen LogP contribution in [0.1, 0.15) is 16.7 Å². The first-order chi connectivity index (χ1) is 19.6. The number of nitrogens with zero attached hydrogens (tertiary/aromatic N) is 2. The highest BCUT2D eigenvalue weighted by Gasteiger charge is 2.38. The lowest BCUT2D eigenvalue weighted by Gasteiger charge is -2.11. The van der Waals surface area contributed by atoms with Gasteiger partial charge in [-0.15, -0.1) is 0 Å². The zero-order chi connectivity index (χ0) is 31.9. The monoisotopic (exact) mass is 599 g/mol. The molecule has 42 heavy (non-hydrogen) atoms. The Hall–Kier alpha value is -5.41. The van der Waals surface area contributed by atoms with Crippen molar-refractivity contribution in [3.63, 3.8) is 0 Å². The van der Waals surface area contributed by atoms with Gasteiger partial charge in [0.2, 0.25) is 5.91 Å². The van der Waals surface area contributed by atoms with Crippen LogP contribution in [0.25, 0.3) is 11.1 Å². The predicted octanol–water partition coefficient (Wildman–Crippen LogP) is 4.39. The molecule has 0 aliphatic carbocycles. The van der Waals surface area contributed by atoms with Gasteiger partial charge in [-0.25, -0.2) is 9.59 Å². The number of nitrogens with two attached hydrogens (primary N) is 2. The van der Waals surface area contributed by atoms with Gasteiger partial charge in [-0.2, -0.15) is 36.5 Å². The average Bonchev–Trinajstić information content (AvgIpc) is 2.90. The fourth-order valence-electron chi connectivity index (χ4n) is 2.95. The Morgan fingerprint density at radius 3 is 1.74 bits per heavy atom. The molecule has 0 fully saturated rings. The van der Waals surface area contributed by atoms with Crippen LogP contribution in [-0.2, 0) is 20.8 Å². The van der Waals surface area contributed by atoms with E-state index >= 15 is 0 Å². The molecule has 7 N–H and O–H groups in total. The third kappa shape index (κ3) is 12.6. The van der Waals surface area contributed by atoms with Crippen LogP contribution in [0.15, 0.2) is 83.0 Å². The first-order valence-electron chi connectivity index (χ1n) is 11.2. The lowest BCUT2D eigenvalue weighted by molar-refractivity contribution is -0.193. The Kier molecular flexibility index (Phi) is 13.2. The van der Waals surface area contributed by atoms with E-state index < -0.39 is 24.3 Å². The van der Waals surface area contributed by atoms with E-state index in [0.717, 1.165) is 33.5 Å². The summed E-state index contributed by atoms with van der Waals surface area (Å²) in [6.45, 7) is 0. The Balaban J connectivity index is 0.000000522. The number of alkyl halides is 6. The van der Waals surface area contributed by atoms with Crippen LogP contribution in [-0.4, -0.2) is 52.8 Å². The summed E-state index contributed by atoms with van der Waals surface area (Å²) in [5.74, 6) is 4.78. The lowest BCUT2D eigenvalue weighted by Crippen LogP contribution is -2.21. The molecule has 10 nitrogen and oxygen atoms in total. The fourth-order valence-corrected chi connectivity index (χ4v) is 2.95. The highest BCUT2D eigenvalue weighted by atomic mass is 19.4. The van der Waals surface area contributed by atoms with Crippen molar-refractivity contribution < 1.29 is 50.9 Å². The highest BCUT2D eigenvalue weighted by molar-refractivity contribution is 5.94. The molecule has 0 heterocycles. The molecule has 0 aliphatic heterocycles. The van der Waals surface area contributed by atoms with E-state index in [9.17, 15) is 31.1 Å². The minimum Gasteiger partial charge on any atom is -0.475 e. The van der Waals surface area contributed by atoms with Crippen LogP contribution < -0.4 is 17.0 Å². The summed E-state index contributed by atoms with van der Waals surface area (Å²) >= 11 is 0. The van der Waals surface area contributed by atoms with Crippen molar-refractivity contribution in [2.75, 3.05) is 5.32 Å². The first-order valence-corrected chi connectivity index (χ1v) is 11.2. The summed E-state index contributed by atoms with van der Waals surface area (Å²) in [4.78, 5) is 30.3. The number of halogens is 6. The number of carboxylic acid groups (broad SMARTS) is 2. The molecule has 3 aromatic carbocycles. The zero-order valence-corrected chi connectivity index (χ0v) is 21.2. The third-order valence-electron chi connectivity index (χ3n) is 4.69. The second kappa shape index (κ2) is 16.0.